The van der Waals surface area contributed by atoms with Crippen LogP contribution in [0.5, 0.6) is 0 Å². The molecule has 2 aliphatic rings. The Hall–Kier alpha value is -1.89. The minimum absolute atomic E-state index is 0.102. The summed E-state index contributed by atoms with van der Waals surface area (Å²) < 4.78 is 1.94. The first-order chi connectivity index (χ1) is 14.8. The van der Waals surface area contributed by atoms with Gasteiger partial charge in [-0.15, -0.1) is 0 Å². The fraction of sp³-hybridized carbons (Fsp3) is 0.792. The lowest BCUT2D eigenvalue weighted by Crippen LogP contribution is -2.62. The molecule has 0 aromatic carbocycles. The van der Waals surface area contributed by atoms with Crippen molar-refractivity contribution in [1.29, 1.82) is 0 Å². The van der Waals surface area contributed by atoms with Gasteiger partial charge in [0.1, 0.15) is 6.04 Å². The first-order valence-electron chi connectivity index (χ1n) is 12.1. The second kappa shape index (κ2) is 10.6. The second-order valence-corrected chi connectivity index (χ2v) is 10.2. The molecule has 7 heteroatoms. The van der Waals surface area contributed by atoms with E-state index in [0.717, 1.165) is 51.7 Å². The molecule has 31 heavy (non-hydrogen) atoms. The van der Waals surface area contributed by atoms with Crippen LogP contribution in [0.15, 0.2) is 12.3 Å². The number of likely N-dealkylation sites (tertiary alicyclic amines) is 1. The Morgan fingerprint density at radius 2 is 1.87 bits per heavy atom. The van der Waals surface area contributed by atoms with Gasteiger partial charge in [0.15, 0.2) is 0 Å². The monoisotopic (exact) mass is 431 g/mol. The van der Waals surface area contributed by atoms with Crippen LogP contribution in [0.4, 0.5) is 0 Å². The van der Waals surface area contributed by atoms with Gasteiger partial charge in [-0.2, -0.15) is 5.10 Å². The summed E-state index contributed by atoms with van der Waals surface area (Å²) in [5, 5.41) is 7.63. The average molecular weight is 432 g/mol. The molecule has 3 heterocycles. The predicted octanol–water partition coefficient (Wildman–Crippen LogP) is 2.46. The van der Waals surface area contributed by atoms with Crippen molar-refractivity contribution in [3.63, 3.8) is 0 Å². The third kappa shape index (κ3) is 6.09. The number of aryl methyl sites for hydroxylation is 1. The van der Waals surface area contributed by atoms with Crippen molar-refractivity contribution in [3.8, 4) is 0 Å². The molecule has 1 aromatic rings. The highest BCUT2D eigenvalue weighted by Crippen LogP contribution is 2.25. The van der Waals surface area contributed by atoms with Crippen molar-refractivity contribution in [2.24, 2.45) is 24.8 Å². The van der Waals surface area contributed by atoms with E-state index in [0.29, 0.717) is 24.3 Å². The summed E-state index contributed by atoms with van der Waals surface area (Å²) in [6.45, 7) is 11.5. The van der Waals surface area contributed by atoms with E-state index in [1.54, 1.807) is 0 Å². The second-order valence-electron chi connectivity index (χ2n) is 10.2. The number of nitrogens with one attached hydrogen (secondary N) is 1. The number of aromatic nitrogens is 2. The number of nitrogens with zero attached hydrogens (tertiary/aromatic N) is 4. The molecule has 1 aromatic heterocycles. The number of piperidine rings is 1. The van der Waals surface area contributed by atoms with Crippen molar-refractivity contribution in [2.45, 2.75) is 71.9 Å². The number of hydrogen-bond donors (Lipinski definition) is 1. The highest BCUT2D eigenvalue weighted by molar-refractivity contribution is 5.90. The molecular formula is C24H41N5O2. The van der Waals surface area contributed by atoms with Crippen LogP contribution in [0.3, 0.4) is 0 Å². The maximum absolute atomic E-state index is 13.6. The minimum atomic E-state index is -0.335. The van der Waals surface area contributed by atoms with E-state index in [1.165, 1.54) is 5.69 Å². The van der Waals surface area contributed by atoms with E-state index < -0.39 is 0 Å². The maximum Gasteiger partial charge on any atom is 0.245 e. The van der Waals surface area contributed by atoms with E-state index in [1.807, 2.05) is 27.7 Å². The Bertz CT molecular complexity index is 736. The van der Waals surface area contributed by atoms with Gasteiger partial charge in [0, 0.05) is 45.1 Å². The van der Waals surface area contributed by atoms with Crippen LogP contribution in [0, 0.1) is 17.8 Å². The lowest BCUT2D eigenvalue weighted by atomic mass is 9.91. The zero-order valence-electron chi connectivity index (χ0n) is 20.0. The summed E-state index contributed by atoms with van der Waals surface area (Å²) in [4.78, 5) is 30.7. The highest BCUT2D eigenvalue weighted by Gasteiger charge is 2.39. The molecule has 0 radical (unpaired) electrons. The number of hydrogen-bond acceptors (Lipinski definition) is 4. The minimum Gasteiger partial charge on any atom is -0.341 e. The molecule has 3 rings (SSSR count). The van der Waals surface area contributed by atoms with Crippen LogP contribution in [-0.4, -0.2) is 69.7 Å². The van der Waals surface area contributed by atoms with Gasteiger partial charge in [-0.3, -0.25) is 14.3 Å². The van der Waals surface area contributed by atoms with Crippen LogP contribution in [0.2, 0.25) is 0 Å². The largest absolute Gasteiger partial charge is 0.341 e. The quantitative estimate of drug-likeness (QED) is 0.686. The molecule has 1 N–H and O–H groups in total. The van der Waals surface area contributed by atoms with Crippen LogP contribution in [0.25, 0.3) is 0 Å². The van der Waals surface area contributed by atoms with E-state index in [4.69, 9.17) is 0 Å². The number of carbonyl (C=O) groups is 2. The normalized spacial score (nSPS) is 21.9. The summed E-state index contributed by atoms with van der Waals surface area (Å²) in [5.41, 5.74) is 1.25. The van der Waals surface area contributed by atoms with Crippen molar-refractivity contribution >= 4 is 11.8 Å². The smallest absolute Gasteiger partial charge is 0.245 e. The van der Waals surface area contributed by atoms with E-state index in [2.05, 4.69) is 44.2 Å². The van der Waals surface area contributed by atoms with Crippen molar-refractivity contribution in [3.05, 3.63) is 18.0 Å². The van der Waals surface area contributed by atoms with Crippen molar-refractivity contribution in [1.82, 2.24) is 24.9 Å². The van der Waals surface area contributed by atoms with Gasteiger partial charge in [0.05, 0.1) is 6.04 Å². The van der Waals surface area contributed by atoms with Gasteiger partial charge in [0.25, 0.3) is 0 Å². The fourth-order valence-corrected chi connectivity index (χ4v) is 5.00. The van der Waals surface area contributed by atoms with E-state index >= 15 is 0 Å². The average Bonchev–Trinajstić information content (AvgIpc) is 3.12. The lowest BCUT2D eigenvalue weighted by molar-refractivity contribution is -0.150. The summed E-state index contributed by atoms with van der Waals surface area (Å²) >= 11 is 0. The van der Waals surface area contributed by atoms with E-state index in [-0.39, 0.29) is 23.9 Å². The number of amides is 2. The Balaban J connectivity index is 1.63. The zero-order valence-corrected chi connectivity index (χ0v) is 20.0. The molecule has 0 saturated carbocycles. The summed E-state index contributed by atoms with van der Waals surface area (Å²) in [5.74, 6) is 1.64. The summed E-state index contributed by atoms with van der Waals surface area (Å²) in [6.07, 6.45) is 6.43. The molecule has 0 aliphatic carbocycles. The zero-order chi connectivity index (χ0) is 22.5. The third-order valence-corrected chi connectivity index (χ3v) is 6.73. The van der Waals surface area contributed by atoms with Gasteiger partial charge in [-0.05, 0) is 55.9 Å². The highest BCUT2D eigenvalue weighted by atomic mass is 16.2. The van der Waals surface area contributed by atoms with Crippen molar-refractivity contribution in [2.75, 3.05) is 26.2 Å². The number of rotatable bonds is 8. The third-order valence-electron chi connectivity index (χ3n) is 6.73. The van der Waals surface area contributed by atoms with Gasteiger partial charge in [-0.1, -0.05) is 27.7 Å². The van der Waals surface area contributed by atoms with E-state index in [9.17, 15) is 9.59 Å². The Kier molecular flexibility index (Phi) is 8.14. The lowest BCUT2D eigenvalue weighted by Gasteiger charge is -2.42. The van der Waals surface area contributed by atoms with Gasteiger partial charge in [0.2, 0.25) is 11.8 Å². The standard InChI is InChI=1S/C24H41N5O2/c1-17(2)14-21-23(30)29(13-10-25-21)22(15-18(3)4)24(31)28-11-7-19(8-12-28)16-20-6-9-26-27(20)5/h6,9,17-19,21-22,25H,7-8,10-16H2,1-5H3/t21-,22-/m0/s1. The Morgan fingerprint density at radius 1 is 1.16 bits per heavy atom. The SMILES string of the molecule is CC(C)C[C@@H]1NCCN([C@@H](CC(C)C)C(=O)N2CCC(Cc3ccnn3C)CC2)C1=O. The molecule has 0 bridgehead atoms. The molecule has 2 atom stereocenters. The molecule has 174 valence electrons. The van der Waals surface area contributed by atoms with Crippen LogP contribution in [-0.2, 0) is 23.1 Å². The van der Waals surface area contributed by atoms with Gasteiger partial charge in [-0.25, -0.2) is 0 Å². The summed E-state index contributed by atoms with van der Waals surface area (Å²) in [7, 11) is 1.99. The first kappa shape index (κ1) is 23.8. The molecule has 2 amide bonds. The fourth-order valence-electron chi connectivity index (χ4n) is 5.00. The molecule has 2 fully saturated rings. The first-order valence-corrected chi connectivity index (χ1v) is 12.1. The predicted molar refractivity (Wildman–Crippen MR) is 122 cm³/mol. The van der Waals surface area contributed by atoms with Crippen molar-refractivity contribution < 1.29 is 9.59 Å². The van der Waals surface area contributed by atoms with Gasteiger partial charge >= 0.3 is 0 Å². The van der Waals surface area contributed by atoms with Crippen LogP contribution < -0.4 is 5.32 Å². The Morgan fingerprint density at radius 3 is 2.45 bits per heavy atom. The molecule has 2 saturated heterocycles. The molecule has 2 aliphatic heterocycles. The number of piperazine rings is 1. The molecule has 0 spiro atoms. The molecule has 7 nitrogen and oxygen atoms in total. The maximum atomic E-state index is 13.6. The number of carbonyl (C=O) groups excluding carboxylic acids is 2. The summed E-state index contributed by atoms with van der Waals surface area (Å²) in [6, 6.07) is 1.58. The van der Waals surface area contributed by atoms with Crippen LogP contribution in [0.1, 0.15) is 59.1 Å². The van der Waals surface area contributed by atoms with Crippen LogP contribution >= 0.6 is 0 Å². The molecule has 0 unspecified atom stereocenters. The molecular weight excluding hydrogens is 390 g/mol. The van der Waals surface area contributed by atoms with Gasteiger partial charge < -0.3 is 15.1 Å². The topological polar surface area (TPSA) is 70.5 Å². The Labute approximate surface area is 187 Å².